The molecule has 1 fully saturated rings. The van der Waals surface area contributed by atoms with E-state index in [-0.39, 0.29) is 23.8 Å². The second-order valence-electron chi connectivity index (χ2n) is 6.85. The summed E-state index contributed by atoms with van der Waals surface area (Å²) in [7, 11) is 0. The minimum atomic E-state index is -4.73. The molecule has 0 radical (unpaired) electrons. The molecule has 0 spiro atoms. The van der Waals surface area contributed by atoms with Gasteiger partial charge in [0, 0.05) is 31.7 Å². The fourth-order valence-corrected chi connectivity index (χ4v) is 2.60. The zero-order valence-corrected chi connectivity index (χ0v) is 14.6. The summed E-state index contributed by atoms with van der Waals surface area (Å²) in [5.41, 5.74) is 0.0753. The van der Waals surface area contributed by atoms with Crippen LogP contribution in [0.15, 0.2) is 24.3 Å². The number of amides is 1. The predicted octanol–water partition coefficient (Wildman–Crippen LogP) is 2.91. The molecule has 1 aromatic rings. The molecule has 5 nitrogen and oxygen atoms in total. The third kappa shape index (κ3) is 6.12. The molecule has 1 aliphatic rings. The van der Waals surface area contributed by atoms with Crippen molar-refractivity contribution >= 4 is 5.91 Å². The Balaban J connectivity index is 1.79. The number of rotatable bonds is 4. The van der Waals surface area contributed by atoms with Gasteiger partial charge in [0.1, 0.15) is 11.5 Å². The van der Waals surface area contributed by atoms with Gasteiger partial charge in [0.05, 0.1) is 0 Å². The largest absolute Gasteiger partial charge is 0.573 e. The molecule has 1 heterocycles. The maximum Gasteiger partial charge on any atom is 0.573 e. The Kier molecular flexibility index (Phi) is 5.82. The zero-order valence-electron chi connectivity index (χ0n) is 14.6. The molecule has 0 atom stereocenters. The fourth-order valence-electron chi connectivity index (χ4n) is 2.60. The molecule has 2 rings (SSSR count). The van der Waals surface area contributed by atoms with Crippen molar-refractivity contribution < 1.29 is 27.4 Å². The van der Waals surface area contributed by atoms with Crippen LogP contribution in [0.3, 0.4) is 0 Å². The highest BCUT2D eigenvalue weighted by Crippen LogP contribution is 2.24. The Hall–Kier alpha value is -1.96. The lowest BCUT2D eigenvalue weighted by Gasteiger charge is -2.42. The summed E-state index contributed by atoms with van der Waals surface area (Å²) in [6.45, 7) is 9.15. The summed E-state index contributed by atoms with van der Waals surface area (Å²) in [4.78, 5) is 16.2. The Bertz CT molecular complexity index is 574. The van der Waals surface area contributed by atoms with Crippen molar-refractivity contribution in [1.82, 2.24) is 9.80 Å². The summed E-state index contributed by atoms with van der Waals surface area (Å²) in [6.07, 6.45) is -4.73. The summed E-state index contributed by atoms with van der Waals surface area (Å²) in [5.74, 6) is -0.148. The third-order valence-electron chi connectivity index (χ3n) is 4.00. The van der Waals surface area contributed by atoms with Gasteiger partial charge in [0.2, 0.25) is 0 Å². The van der Waals surface area contributed by atoms with Gasteiger partial charge in [-0.25, -0.2) is 0 Å². The Morgan fingerprint density at radius 1 is 1.00 bits per heavy atom. The second kappa shape index (κ2) is 7.51. The van der Waals surface area contributed by atoms with Crippen LogP contribution in [0, 0.1) is 0 Å². The maximum absolute atomic E-state index is 12.2. The first kappa shape index (κ1) is 19.4. The van der Waals surface area contributed by atoms with Crippen molar-refractivity contribution in [2.24, 2.45) is 0 Å². The van der Waals surface area contributed by atoms with Crippen LogP contribution in [-0.4, -0.2) is 60.4 Å². The maximum atomic E-state index is 12.2. The number of carbonyl (C=O) groups is 1. The van der Waals surface area contributed by atoms with Crippen molar-refractivity contribution in [1.29, 1.82) is 0 Å². The molecule has 8 heteroatoms. The van der Waals surface area contributed by atoms with E-state index in [0.29, 0.717) is 18.8 Å². The quantitative estimate of drug-likeness (QED) is 0.828. The molecule has 25 heavy (non-hydrogen) atoms. The normalized spacial score (nSPS) is 16.6. The summed E-state index contributed by atoms with van der Waals surface area (Å²) < 4.78 is 45.4. The SMILES string of the molecule is CC(C)(C)N1CCN(C(=O)COc2ccc(OC(F)(F)F)cc2)CC1. The molecule has 1 aliphatic heterocycles. The minimum Gasteiger partial charge on any atom is -0.484 e. The van der Waals surface area contributed by atoms with E-state index in [0.717, 1.165) is 25.2 Å². The van der Waals surface area contributed by atoms with E-state index in [9.17, 15) is 18.0 Å². The van der Waals surface area contributed by atoms with Gasteiger partial charge >= 0.3 is 6.36 Å². The molecule has 0 N–H and O–H groups in total. The first-order valence-corrected chi connectivity index (χ1v) is 8.06. The number of piperazine rings is 1. The van der Waals surface area contributed by atoms with Gasteiger partial charge in [-0.1, -0.05) is 0 Å². The number of hydrogen-bond donors (Lipinski definition) is 0. The number of ether oxygens (including phenoxy) is 2. The summed E-state index contributed by atoms with van der Waals surface area (Å²) in [5, 5.41) is 0. The van der Waals surface area contributed by atoms with Gasteiger partial charge in [-0.15, -0.1) is 13.2 Å². The summed E-state index contributed by atoms with van der Waals surface area (Å²) >= 11 is 0. The number of alkyl halides is 3. The fraction of sp³-hybridized carbons (Fsp3) is 0.588. The van der Waals surface area contributed by atoms with Gasteiger partial charge in [-0.05, 0) is 45.0 Å². The predicted molar refractivity (Wildman–Crippen MR) is 86.5 cm³/mol. The van der Waals surface area contributed by atoms with E-state index in [4.69, 9.17) is 4.74 Å². The van der Waals surface area contributed by atoms with Crippen LogP contribution in [0.25, 0.3) is 0 Å². The first-order valence-electron chi connectivity index (χ1n) is 8.06. The highest BCUT2D eigenvalue weighted by atomic mass is 19.4. The molecular formula is C17H23F3N2O3. The van der Waals surface area contributed by atoms with Crippen molar-refractivity contribution in [3.8, 4) is 11.5 Å². The molecule has 1 amide bonds. The van der Waals surface area contributed by atoms with Crippen LogP contribution in [0.2, 0.25) is 0 Å². The Morgan fingerprint density at radius 3 is 2.00 bits per heavy atom. The molecule has 0 saturated carbocycles. The molecule has 0 aromatic heterocycles. The number of benzene rings is 1. The van der Waals surface area contributed by atoms with Crippen molar-refractivity contribution in [2.75, 3.05) is 32.8 Å². The molecule has 1 saturated heterocycles. The van der Waals surface area contributed by atoms with Gasteiger partial charge in [0.15, 0.2) is 6.61 Å². The molecule has 140 valence electrons. The Labute approximate surface area is 145 Å². The average molecular weight is 360 g/mol. The van der Waals surface area contributed by atoms with Crippen molar-refractivity contribution in [3.63, 3.8) is 0 Å². The number of nitrogens with zero attached hydrogens (tertiary/aromatic N) is 2. The lowest BCUT2D eigenvalue weighted by molar-refractivity contribution is -0.274. The Morgan fingerprint density at radius 2 is 1.52 bits per heavy atom. The smallest absolute Gasteiger partial charge is 0.484 e. The topological polar surface area (TPSA) is 42.0 Å². The highest BCUT2D eigenvalue weighted by Gasteiger charge is 2.31. The van der Waals surface area contributed by atoms with Gasteiger partial charge in [0.25, 0.3) is 5.91 Å². The number of carbonyl (C=O) groups excluding carboxylic acids is 1. The van der Waals surface area contributed by atoms with E-state index in [1.165, 1.54) is 12.1 Å². The van der Waals surface area contributed by atoms with Gasteiger partial charge in [-0.3, -0.25) is 9.69 Å². The molecule has 0 unspecified atom stereocenters. The van der Waals surface area contributed by atoms with Crippen molar-refractivity contribution in [3.05, 3.63) is 24.3 Å². The molecular weight excluding hydrogens is 337 g/mol. The molecule has 0 aliphatic carbocycles. The highest BCUT2D eigenvalue weighted by molar-refractivity contribution is 5.77. The zero-order chi connectivity index (χ0) is 18.7. The minimum absolute atomic E-state index is 0.0753. The van der Waals surface area contributed by atoms with E-state index in [1.54, 1.807) is 4.90 Å². The van der Waals surface area contributed by atoms with Gasteiger partial charge < -0.3 is 14.4 Å². The van der Waals surface area contributed by atoms with Crippen LogP contribution in [-0.2, 0) is 4.79 Å². The van der Waals surface area contributed by atoms with E-state index in [1.807, 2.05) is 0 Å². The van der Waals surface area contributed by atoms with E-state index >= 15 is 0 Å². The van der Waals surface area contributed by atoms with Crippen LogP contribution < -0.4 is 9.47 Å². The number of halogens is 3. The monoisotopic (exact) mass is 360 g/mol. The first-order chi connectivity index (χ1) is 11.5. The lowest BCUT2D eigenvalue weighted by atomic mass is 10.1. The van der Waals surface area contributed by atoms with Crippen LogP contribution in [0.1, 0.15) is 20.8 Å². The van der Waals surface area contributed by atoms with Gasteiger partial charge in [-0.2, -0.15) is 0 Å². The average Bonchev–Trinajstić information content (AvgIpc) is 2.52. The lowest BCUT2D eigenvalue weighted by Crippen LogP contribution is -2.55. The third-order valence-corrected chi connectivity index (χ3v) is 4.00. The molecule has 0 bridgehead atoms. The van der Waals surface area contributed by atoms with Crippen LogP contribution in [0.5, 0.6) is 11.5 Å². The molecule has 1 aromatic carbocycles. The van der Waals surface area contributed by atoms with Crippen LogP contribution >= 0.6 is 0 Å². The second-order valence-corrected chi connectivity index (χ2v) is 6.85. The standard InChI is InChI=1S/C17H23F3N2O3/c1-16(2,3)22-10-8-21(9-11-22)15(23)12-24-13-4-6-14(7-5-13)25-17(18,19)20/h4-7H,8-12H2,1-3H3. The number of hydrogen-bond acceptors (Lipinski definition) is 4. The van der Waals surface area contributed by atoms with Crippen molar-refractivity contribution in [2.45, 2.75) is 32.7 Å². The van der Waals surface area contributed by atoms with Crippen LogP contribution in [0.4, 0.5) is 13.2 Å². The van der Waals surface area contributed by atoms with E-state index in [2.05, 4.69) is 30.4 Å². The summed E-state index contributed by atoms with van der Waals surface area (Å²) in [6, 6.07) is 4.97. The van der Waals surface area contributed by atoms with E-state index < -0.39 is 6.36 Å².